The molecule has 42 heavy (non-hydrogen) atoms. The number of piperidine rings is 1. The van der Waals surface area contributed by atoms with Crippen LogP contribution in [0.3, 0.4) is 0 Å². The number of nitrogens with zero attached hydrogens (tertiary/aromatic N) is 5. The molecule has 2 atom stereocenters. The van der Waals surface area contributed by atoms with Crippen LogP contribution in [0.4, 0.5) is 20.8 Å². The van der Waals surface area contributed by atoms with E-state index in [4.69, 9.17) is 14.2 Å². The second kappa shape index (κ2) is 12.7. The molecule has 0 aliphatic carbocycles. The molecule has 2 aliphatic rings. The number of likely N-dealkylation sites (tertiary alicyclic amines) is 1. The Morgan fingerprint density at radius 2 is 1.88 bits per heavy atom. The van der Waals surface area contributed by atoms with Gasteiger partial charge >= 0.3 is 6.09 Å². The van der Waals surface area contributed by atoms with E-state index in [1.54, 1.807) is 39.0 Å². The molecule has 2 unspecified atom stereocenters. The largest absolute Gasteiger partial charge is 0.486 e. The molecule has 3 heterocycles. The average Bonchev–Trinajstić information content (AvgIpc) is 2.98. The van der Waals surface area contributed by atoms with Gasteiger partial charge in [-0.1, -0.05) is 12.1 Å². The van der Waals surface area contributed by atoms with Crippen LogP contribution >= 0.6 is 0 Å². The van der Waals surface area contributed by atoms with Crippen molar-refractivity contribution in [2.45, 2.75) is 63.8 Å². The van der Waals surface area contributed by atoms with Crippen LogP contribution in [0.25, 0.3) is 11.4 Å². The molecular formula is C31H35FN6O4. The van der Waals surface area contributed by atoms with Gasteiger partial charge in [-0.15, -0.1) is 0 Å². The number of carbonyl (C=O) groups excluding carboxylic acids is 1. The standard InChI is InChI=1S/C31H35FN6O4/c1-31(2,3)42-30(39)38-13-10-27(25(32)18-38)41-26-9-6-22(16-23(26)17-33)28-34-19-35-29(37-28)36-24-7-4-20(5-8-24)21-11-14-40-15-12-21/h4-9,16,19,21,25,27H,10-15,18H2,1-3H3,(H,34,35,36,37). The Balaban J connectivity index is 1.23. The zero-order valence-electron chi connectivity index (χ0n) is 24.0. The number of carbonyl (C=O) groups is 1. The molecule has 3 aromatic rings. The molecule has 0 radical (unpaired) electrons. The first-order chi connectivity index (χ1) is 20.2. The number of halogens is 1. The zero-order valence-corrected chi connectivity index (χ0v) is 24.0. The van der Waals surface area contributed by atoms with Crippen molar-refractivity contribution >= 4 is 17.7 Å². The maximum absolute atomic E-state index is 15.0. The lowest BCUT2D eigenvalue weighted by atomic mass is 9.92. The number of nitriles is 1. The molecule has 220 valence electrons. The Morgan fingerprint density at radius 1 is 1.12 bits per heavy atom. The van der Waals surface area contributed by atoms with E-state index in [-0.39, 0.29) is 24.3 Å². The maximum atomic E-state index is 15.0. The van der Waals surface area contributed by atoms with Crippen LogP contribution in [-0.4, -0.2) is 70.1 Å². The van der Waals surface area contributed by atoms with Crippen molar-refractivity contribution < 1.29 is 23.4 Å². The fraction of sp³-hybridized carbons (Fsp3) is 0.452. The monoisotopic (exact) mass is 574 g/mol. The number of anilines is 2. The number of amides is 1. The molecule has 11 heteroatoms. The molecule has 2 fully saturated rings. The van der Waals surface area contributed by atoms with Gasteiger partial charge in [0.1, 0.15) is 29.9 Å². The van der Waals surface area contributed by atoms with Gasteiger partial charge < -0.3 is 24.4 Å². The van der Waals surface area contributed by atoms with Crippen molar-refractivity contribution in [2.24, 2.45) is 0 Å². The first-order valence-corrected chi connectivity index (χ1v) is 14.2. The number of benzene rings is 2. The fourth-order valence-electron chi connectivity index (χ4n) is 5.02. The molecule has 2 aliphatic heterocycles. The van der Waals surface area contributed by atoms with Gasteiger partial charge in [0.05, 0.1) is 12.1 Å². The summed E-state index contributed by atoms with van der Waals surface area (Å²) in [6, 6.07) is 15.3. The predicted molar refractivity (Wildman–Crippen MR) is 154 cm³/mol. The Kier molecular flexibility index (Phi) is 8.83. The van der Waals surface area contributed by atoms with Crippen molar-refractivity contribution in [3.8, 4) is 23.2 Å². The Hall–Kier alpha value is -4.30. The number of alkyl halides is 1. The van der Waals surface area contributed by atoms with E-state index in [1.165, 1.54) is 16.8 Å². The van der Waals surface area contributed by atoms with Crippen molar-refractivity contribution in [1.82, 2.24) is 19.9 Å². The first kappa shape index (κ1) is 29.2. The lowest BCUT2D eigenvalue weighted by Crippen LogP contribution is -2.50. The van der Waals surface area contributed by atoms with Gasteiger partial charge in [-0.05, 0) is 75.4 Å². The van der Waals surface area contributed by atoms with Crippen molar-refractivity contribution in [1.29, 1.82) is 5.26 Å². The van der Waals surface area contributed by atoms with Gasteiger partial charge in [-0.2, -0.15) is 10.2 Å². The summed E-state index contributed by atoms with van der Waals surface area (Å²) in [5, 5.41) is 13.0. The van der Waals surface area contributed by atoms with E-state index in [9.17, 15) is 10.1 Å². The third kappa shape index (κ3) is 7.31. The van der Waals surface area contributed by atoms with E-state index in [2.05, 4.69) is 38.5 Å². The number of aromatic nitrogens is 3. The zero-order chi connectivity index (χ0) is 29.7. The van der Waals surface area contributed by atoms with Crippen molar-refractivity contribution in [3.63, 3.8) is 0 Å². The number of nitrogens with one attached hydrogen (secondary N) is 1. The number of ether oxygens (including phenoxy) is 3. The summed E-state index contributed by atoms with van der Waals surface area (Å²) in [5.74, 6) is 1.52. The molecule has 0 spiro atoms. The summed E-state index contributed by atoms with van der Waals surface area (Å²) in [6.45, 7) is 7.04. The lowest BCUT2D eigenvalue weighted by molar-refractivity contribution is -0.0106. The molecule has 5 rings (SSSR count). The maximum Gasteiger partial charge on any atom is 0.410 e. The van der Waals surface area contributed by atoms with Gasteiger partial charge in [-0.25, -0.2) is 19.2 Å². The van der Waals surface area contributed by atoms with Crippen LogP contribution < -0.4 is 10.1 Å². The minimum atomic E-state index is -1.43. The molecule has 10 nitrogen and oxygen atoms in total. The summed E-state index contributed by atoms with van der Waals surface area (Å²) >= 11 is 0. The highest BCUT2D eigenvalue weighted by molar-refractivity contribution is 5.68. The summed E-state index contributed by atoms with van der Waals surface area (Å²) in [4.78, 5) is 26.7. The minimum Gasteiger partial charge on any atom is -0.486 e. The molecule has 2 aromatic carbocycles. The average molecular weight is 575 g/mol. The second-order valence-electron chi connectivity index (χ2n) is 11.5. The SMILES string of the molecule is CC(C)(C)OC(=O)N1CCC(Oc2ccc(-c3ncnc(Nc4ccc(C5CCOCC5)cc4)n3)cc2C#N)C(F)C1. The van der Waals surface area contributed by atoms with E-state index in [1.807, 2.05) is 12.1 Å². The Bertz CT molecular complexity index is 1430. The quantitative estimate of drug-likeness (QED) is 0.391. The van der Waals surface area contributed by atoms with Crippen LogP contribution in [0.5, 0.6) is 5.75 Å². The molecule has 0 saturated carbocycles. The van der Waals surface area contributed by atoms with Gasteiger partial charge in [0.2, 0.25) is 5.95 Å². The van der Waals surface area contributed by atoms with E-state index >= 15 is 4.39 Å². The molecule has 1 N–H and O–H groups in total. The van der Waals surface area contributed by atoms with Gasteiger partial charge in [0.15, 0.2) is 12.0 Å². The molecule has 0 bridgehead atoms. The van der Waals surface area contributed by atoms with Gasteiger partial charge in [-0.3, -0.25) is 0 Å². The Labute approximate surface area is 244 Å². The number of rotatable bonds is 6. The first-order valence-electron chi connectivity index (χ1n) is 14.2. The second-order valence-corrected chi connectivity index (χ2v) is 11.5. The summed E-state index contributed by atoms with van der Waals surface area (Å²) < 4.78 is 31.7. The van der Waals surface area contributed by atoms with Crippen LogP contribution in [0.15, 0.2) is 48.8 Å². The number of hydrogen-bond acceptors (Lipinski definition) is 9. The highest BCUT2D eigenvalue weighted by Crippen LogP contribution is 2.30. The smallest absolute Gasteiger partial charge is 0.410 e. The van der Waals surface area contributed by atoms with Crippen LogP contribution in [-0.2, 0) is 9.47 Å². The van der Waals surface area contributed by atoms with Crippen molar-refractivity contribution in [3.05, 3.63) is 59.9 Å². The number of hydrogen-bond donors (Lipinski definition) is 1. The highest BCUT2D eigenvalue weighted by atomic mass is 19.1. The third-order valence-corrected chi connectivity index (χ3v) is 7.20. The lowest BCUT2D eigenvalue weighted by Gasteiger charge is -2.35. The highest BCUT2D eigenvalue weighted by Gasteiger charge is 2.35. The Morgan fingerprint density at radius 3 is 2.57 bits per heavy atom. The van der Waals surface area contributed by atoms with E-state index < -0.39 is 24.0 Å². The van der Waals surface area contributed by atoms with Gasteiger partial charge in [0.25, 0.3) is 0 Å². The van der Waals surface area contributed by atoms with Gasteiger partial charge in [0, 0.05) is 37.4 Å². The van der Waals surface area contributed by atoms with E-state index in [0.29, 0.717) is 29.8 Å². The normalized spacial score (nSPS) is 19.5. The van der Waals surface area contributed by atoms with Crippen molar-refractivity contribution in [2.75, 3.05) is 31.6 Å². The molecule has 1 amide bonds. The fourth-order valence-corrected chi connectivity index (χ4v) is 5.02. The molecule has 2 saturated heterocycles. The minimum absolute atomic E-state index is 0.140. The molecule has 1 aromatic heterocycles. The van der Waals surface area contributed by atoms with Crippen LogP contribution in [0.2, 0.25) is 0 Å². The molecular weight excluding hydrogens is 539 g/mol. The summed E-state index contributed by atoms with van der Waals surface area (Å²) in [6.07, 6.45) is 0.950. The summed E-state index contributed by atoms with van der Waals surface area (Å²) in [7, 11) is 0. The predicted octanol–water partition coefficient (Wildman–Crippen LogP) is 5.77. The summed E-state index contributed by atoms with van der Waals surface area (Å²) in [5.41, 5.74) is 2.30. The van der Waals surface area contributed by atoms with Crippen LogP contribution in [0.1, 0.15) is 57.1 Å². The van der Waals surface area contributed by atoms with E-state index in [0.717, 1.165) is 31.7 Å². The topological polar surface area (TPSA) is 122 Å². The third-order valence-electron chi connectivity index (χ3n) is 7.20. The van der Waals surface area contributed by atoms with Crippen LogP contribution in [0, 0.1) is 11.3 Å².